The van der Waals surface area contributed by atoms with Gasteiger partial charge in [-0.05, 0) is 63.4 Å². The van der Waals surface area contributed by atoms with Crippen LogP contribution in [0.15, 0.2) is 29.2 Å². The average Bonchev–Trinajstić information content (AvgIpc) is 3.12. The summed E-state index contributed by atoms with van der Waals surface area (Å²) in [5, 5.41) is 0. The molecule has 0 amide bonds. The van der Waals surface area contributed by atoms with Crippen LogP contribution in [-0.4, -0.2) is 61.7 Å². The highest BCUT2D eigenvalue weighted by Crippen LogP contribution is 2.26. The molecule has 184 valence electrons. The highest BCUT2D eigenvalue weighted by atomic mass is 32.2. The average molecular weight is 495 g/mol. The minimum Gasteiger partial charge on any atom is -0.465 e. The quantitative estimate of drug-likeness (QED) is 0.464. The van der Waals surface area contributed by atoms with Gasteiger partial charge in [0, 0.05) is 18.8 Å². The molecule has 2 atom stereocenters. The van der Waals surface area contributed by atoms with E-state index in [9.17, 15) is 27.2 Å². The molecule has 0 aliphatic carbocycles. The molecule has 1 aliphatic heterocycles. The van der Waals surface area contributed by atoms with Crippen LogP contribution in [-0.2, 0) is 24.3 Å². The fourth-order valence-corrected chi connectivity index (χ4v) is 5.56. The molecule has 1 saturated heterocycles. The Hall–Kier alpha value is -3.05. The number of halogens is 1. The number of ketones is 1. The first-order valence-electron chi connectivity index (χ1n) is 10.7. The molecule has 0 bridgehead atoms. The minimum absolute atomic E-state index is 0.0644. The Bertz CT molecular complexity index is 1200. The maximum Gasteiger partial charge on any atom is 0.339 e. The molecule has 1 aliphatic rings. The number of aryl methyl sites for hydroxylation is 1. The van der Waals surface area contributed by atoms with Crippen molar-refractivity contribution in [2.24, 2.45) is 5.92 Å². The lowest BCUT2D eigenvalue weighted by Gasteiger charge is -2.31. The molecule has 2 heterocycles. The predicted octanol–water partition coefficient (Wildman–Crippen LogP) is 2.77. The Morgan fingerprint density at radius 3 is 2.44 bits per heavy atom. The monoisotopic (exact) mass is 494 g/mol. The number of carbonyl (C=O) groups is 3. The number of aromatic amines is 1. The fourth-order valence-electron chi connectivity index (χ4n) is 4.04. The van der Waals surface area contributed by atoms with Gasteiger partial charge < -0.3 is 14.5 Å². The van der Waals surface area contributed by atoms with Crippen LogP contribution in [0, 0.1) is 25.6 Å². The number of methoxy groups -OCH3 is 1. The smallest absolute Gasteiger partial charge is 0.339 e. The lowest BCUT2D eigenvalue weighted by molar-refractivity contribution is -0.152. The van der Waals surface area contributed by atoms with Crippen molar-refractivity contribution in [1.29, 1.82) is 0 Å². The highest BCUT2D eigenvalue weighted by Gasteiger charge is 2.36. The number of hydrogen-bond acceptors (Lipinski definition) is 7. The summed E-state index contributed by atoms with van der Waals surface area (Å²) in [6.45, 7) is 4.76. The van der Waals surface area contributed by atoms with Gasteiger partial charge in [-0.25, -0.2) is 17.6 Å². The second kappa shape index (κ2) is 10.1. The van der Waals surface area contributed by atoms with Crippen molar-refractivity contribution in [3.8, 4) is 0 Å². The van der Waals surface area contributed by atoms with Crippen LogP contribution in [0.4, 0.5) is 4.39 Å². The second-order valence-electron chi connectivity index (χ2n) is 8.22. The summed E-state index contributed by atoms with van der Waals surface area (Å²) < 4.78 is 50.3. The van der Waals surface area contributed by atoms with Gasteiger partial charge in [-0.1, -0.05) is 0 Å². The Labute approximate surface area is 197 Å². The van der Waals surface area contributed by atoms with E-state index in [1.54, 1.807) is 13.8 Å². The molecule has 0 radical (unpaired) electrons. The molecule has 1 N–H and O–H groups in total. The number of piperidine rings is 1. The molecular formula is C23H27FN2O7S. The van der Waals surface area contributed by atoms with Crippen molar-refractivity contribution in [2.75, 3.05) is 20.2 Å². The molecule has 0 saturated carbocycles. The molecule has 11 heteroatoms. The van der Waals surface area contributed by atoms with Crippen molar-refractivity contribution in [2.45, 2.75) is 44.6 Å². The number of esters is 2. The topological polar surface area (TPSA) is 123 Å². The SMILES string of the molecule is COC(=O)c1c(C)[nH]c(C(=O)C(C)OC(=O)C2CCCN(S(=O)(=O)c3ccc(F)cc3)C2)c1C. The number of ether oxygens (including phenoxy) is 2. The van der Waals surface area contributed by atoms with Gasteiger partial charge in [0.25, 0.3) is 0 Å². The van der Waals surface area contributed by atoms with E-state index in [2.05, 4.69) is 4.98 Å². The van der Waals surface area contributed by atoms with Gasteiger partial charge >= 0.3 is 11.9 Å². The Morgan fingerprint density at radius 1 is 1.18 bits per heavy atom. The van der Waals surface area contributed by atoms with E-state index in [0.717, 1.165) is 12.1 Å². The van der Waals surface area contributed by atoms with Crippen LogP contribution < -0.4 is 0 Å². The van der Waals surface area contributed by atoms with E-state index in [1.165, 1.54) is 30.5 Å². The van der Waals surface area contributed by atoms with Crippen LogP contribution >= 0.6 is 0 Å². The van der Waals surface area contributed by atoms with Crippen molar-refractivity contribution in [3.63, 3.8) is 0 Å². The van der Waals surface area contributed by atoms with Gasteiger partial charge in [-0.3, -0.25) is 9.59 Å². The van der Waals surface area contributed by atoms with Crippen molar-refractivity contribution < 1.29 is 36.7 Å². The summed E-state index contributed by atoms with van der Waals surface area (Å²) in [4.78, 5) is 40.4. The number of carbonyl (C=O) groups excluding carboxylic acids is 3. The molecular weight excluding hydrogens is 467 g/mol. The summed E-state index contributed by atoms with van der Waals surface area (Å²) >= 11 is 0. The number of nitrogens with zero attached hydrogens (tertiary/aromatic N) is 1. The number of H-pyrrole nitrogens is 1. The predicted molar refractivity (Wildman–Crippen MR) is 119 cm³/mol. The van der Waals surface area contributed by atoms with Gasteiger partial charge in [-0.15, -0.1) is 0 Å². The first kappa shape index (κ1) is 25.6. The molecule has 34 heavy (non-hydrogen) atoms. The summed E-state index contributed by atoms with van der Waals surface area (Å²) in [7, 11) is -2.67. The molecule has 1 fully saturated rings. The third-order valence-corrected chi connectivity index (χ3v) is 7.78. The molecule has 2 aromatic rings. The van der Waals surface area contributed by atoms with E-state index in [4.69, 9.17) is 9.47 Å². The van der Waals surface area contributed by atoms with E-state index in [1.807, 2.05) is 0 Å². The van der Waals surface area contributed by atoms with Crippen molar-refractivity contribution >= 4 is 27.7 Å². The molecule has 3 rings (SSSR count). The van der Waals surface area contributed by atoms with E-state index < -0.39 is 45.6 Å². The summed E-state index contributed by atoms with van der Waals surface area (Å²) in [5.41, 5.74) is 1.24. The van der Waals surface area contributed by atoms with Gasteiger partial charge in [-0.2, -0.15) is 4.31 Å². The minimum atomic E-state index is -3.91. The summed E-state index contributed by atoms with van der Waals surface area (Å²) in [6, 6.07) is 4.48. The molecule has 1 aromatic heterocycles. The van der Waals surface area contributed by atoms with Crippen molar-refractivity contribution in [3.05, 3.63) is 52.6 Å². The molecule has 2 unspecified atom stereocenters. The standard InChI is InChI=1S/C23H27FN2O7S/c1-13-19(23(29)32-4)14(2)25-20(13)21(27)15(3)33-22(28)16-6-5-11-26(12-16)34(30,31)18-9-7-17(24)8-10-18/h7-10,15-16,25H,5-6,11-12H2,1-4H3. The van der Waals surface area contributed by atoms with Crippen LogP contribution in [0.25, 0.3) is 0 Å². The normalized spacial score (nSPS) is 17.7. The number of Topliss-reactive ketones (excluding diaryl/α,β-unsaturated/α-hetero) is 1. The van der Waals surface area contributed by atoms with Crippen molar-refractivity contribution in [1.82, 2.24) is 9.29 Å². The lowest BCUT2D eigenvalue weighted by atomic mass is 10.00. The zero-order valence-electron chi connectivity index (χ0n) is 19.4. The van der Waals surface area contributed by atoms with Gasteiger partial charge in [0.15, 0.2) is 6.10 Å². The molecule has 9 nitrogen and oxygen atoms in total. The third-order valence-electron chi connectivity index (χ3n) is 5.90. The Kier molecular flexibility index (Phi) is 7.57. The Morgan fingerprint density at radius 2 is 1.82 bits per heavy atom. The zero-order chi connectivity index (χ0) is 25.2. The summed E-state index contributed by atoms with van der Waals surface area (Å²) in [5.74, 6) is -3.09. The first-order chi connectivity index (χ1) is 16.0. The van der Waals surface area contributed by atoms with Gasteiger partial charge in [0.1, 0.15) is 5.82 Å². The van der Waals surface area contributed by atoms with Crippen LogP contribution in [0.1, 0.15) is 51.9 Å². The Balaban J connectivity index is 1.70. The maximum absolute atomic E-state index is 13.2. The van der Waals surface area contributed by atoms with E-state index in [-0.39, 0.29) is 29.2 Å². The van der Waals surface area contributed by atoms with Gasteiger partial charge in [0.05, 0.1) is 29.2 Å². The van der Waals surface area contributed by atoms with Gasteiger partial charge in [0.2, 0.25) is 15.8 Å². The number of benzene rings is 1. The number of nitrogens with one attached hydrogen (secondary N) is 1. The third kappa shape index (κ3) is 5.05. The van der Waals surface area contributed by atoms with Crippen LogP contribution in [0.3, 0.4) is 0 Å². The number of hydrogen-bond donors (Lipinski definition) is 1. The van der Waals surface area contributed by atoms with Crippen LogP contribution in [0.2, 0.25) is 0 Å². The van der Waals surface area contributed by atoms with E-state index >= 15 is 0 Å². The number of rotatable bonds is 7. The second-order valence-corrected chi connectivity index (χ2v) is 10.2. The molecule has 1 aromatic carbocycles. The largest absolute Gasteiger partial charge is 0.465 e. The fraction of sp³-hybridized carbons (Fsp3) is 0.435. The molecule has 0 spiro atoms. The number of sulfonamides is 1. The summed E-state index contributed by atoms with van der Waals surface area (Å²) in [6.07, 6.45) is -0.318. The first-order valence-corrected chi connectivity index (χ1v) is 12.2. The van der Waals surface area contributed by atoms with E-state index in [0.29, 0.717) is 24.1 Å². The highest BCUT2D eigenvalue weighted by molar-refractivity contribution is 7.89. The number of aromatic nitrogens is 1. The lowest BCUT2D eigenvalue weighted by Crippen LogP contribution is -2.43. The maximum atomic E-state index is 13.2. The van der Waals surface area contributed by atoms with Crippen LogP contribution in [0.5, 0.6) is 0 Å². The zero-order valence-corrected chi connectivity index (χ0v) is 20.2.